The zero-order valence-corrected chi connectivity index (χ0v) is 12.2. The maximum atomic E-state index is 12.2. The Morgan fingerprint density at radius 2 is 2.11 bits per heavy atom. The highest BCUT2D eigenvalue weighted by molar-refractivity contribution is 7.12. The summed E-state index contributed by atoms with van der Waals surface area (Å²) in [4.78, 5) is 17.3. The molecule has 0 aliphatic carbocycles. The summed E-state index contributed by atoms with van der Waals surface area (Å²) in [5.41, 5.74) is 2.05. The van der Waals surface area contributed by atoms with Gasteiger partial charge in [-0.25, -0.2) is 0 Å². The summed E-state index contributed by atoms with van der Waals surface area (Å²) in [7, 11) is 0. The van der Waals surface area contributed by atoms with Crippen LogP contribution in [0, 0.1) is 12.8 Å². The minimum atomic E-state index is -0.0594. The van der Waals surface area contributed by atoms with Crippen LogP contribution in [0.2, 0.25) is 0 Å². The molecular formula is C15H18N2OS. The van der Waals surface area contributed by atoms with Gasteiger partial charge in [0.1, 0.15) is 0 Å². The summed E-state index contributed by atoms with van der Waals surface area (Å²) in [5, 5.41) is 4.99. The zero-order valence-electron chi connectivity index (χ0n) is 11.4. The number of nitrogens with zero attached hydrogens (tertiary/aromatic N) is 1. The van der Waals surface area contributed by atoms with Crippen LogP contribution in [0.25, 0.3) is 0 Å². The van der Waals surface area contributed by atoms with Gasteiger partial charge in [-0.15, -0.1) is 11.3 Å². The molecule has 1 atom stereocenters. The number of hydrogen-bond donors (Lipinski definition) is 1. The van der Waals surface area contributed by atoms with Gasteiger partial charge in [0.15, 0.2) is 0 Å². The van der Waals surface area contributed by atoms with E-state index in [0.717, 1.165) is 16.1 Å². The van der Waals surface area contributed by atoms with E-state index in [1.54, 1.807) is 6.20 Å². The first kappa shape index (κ1) is 13.7. The second-order valence-electron chi connectivity index (χ2n) is 4.88. The lowest BCUT2D eigenvalue weighted by Gasteiger charge is -2.23. The van der Waals surface area contributed by atoms with Gasteiger partial charge in [0.05, 0.1) is 16.6 Å². The van der Waals surface area contributed by atoms with Gasteiger partial charge in [-0.3, -0.25) is 9.78 Å². The molecule has 4 heteroatoms. The van der Waals surface area contributed by atoms with E-state index in [4.69, 9.17) is 0 Å². The van der Waals surface area contributed by atoms with Crippen molar-refractivity contribution in [1.82, 2.24) is 10.3 Å². The van der Waals surface area contributed by atoms with Gasteiger partial charge >= 0.3 is 0 Å². The molecule has 0 unspecified atom stereocenters. The Kier molecular flexibility index (Phi) is 4.32. The van der Waals surface area contributed by atoms with E-state index >= 15 is 0 Å². The monoisotopic (exact) mass is 274 g/mol. The van der Waals surface area contributed by atoms with Crippen LogP contribution in [-0.4, -0.2) is 10.9 Å². The Labute approximate surface area is 117 Å². The van der Waals surface area contributed by atoms with Gasteiger partial charge < -0.3 is 5.32 Å². The minimum absolute atomic E-state index is 0.0289. The molecule has 0 aliphatic rings. The molecule has 0 fully saturated rings. The molecule has 3 nitrogen and oxygen atoms in total. The quantitative estimate of drug-likeness (QED) is 0.926. The van der Waals surface area contributed by atoms with Crippen molar-refractivity contribution in [2.75, 3.05) is 0 Å². The highest BCUT2D eigenvalue weighted by Crippen LogP contribution is 2.23. The van der Waals surface area contributed by atoms with Crippen molar-refractivity contribution >= 4 is 17.2 Å². The molecule has 2 aromatic heterocycles. The third kappa shape index (κ3) is 3.20. The van der Waals surface area contributed by atoms with E-state index in [-0.39, 0.29) is 17.9 Å². The van der Waals surface area contributed by atoms with Crippen molar-refractivity contribution in [1.29, 1.82) is 0 Å². The topological polar surface area (TPSA) is 42.0 Å². The van der Waals surface area contributed by atoms with Crippen molar-refractivity contribution in [3.8, 4) is 0 Å². The average molecular weight is 274 g/mol. The highest BCUT2D eigenvalue weighted by atomic mass is 32.1. The van der Waals surface area contributed by atoms with Crippen LogP contribution >= 0.6 is 11.3 Å². The maximum Gasteiger partial charge on any atom is 0.261 e. The predicted octanol–water partition coefficient (Wildman–Crippen LogP) is 3.58. The molecule has 0 spiro atoms. The van der Waals surface area contributed by atoms with E-state index < -0.39 is 0 Å². The summed E-state index contributed by atoms with van der Waals surface area (Å²) >= 11 is 1.45. The van der Waals surface area contributed by atoms with E-state index in [0.29, 0.717) is 0 Å². The van der Waals surface area contributed by atoms with Crippen molar-refractivity contribution < 1.29 is 4.79 Å². The Morgan fingerprint density at radius 3 is 2.68 bits per heavy atom. The van der Waals surface area contributed by atoms with Crippen LogP contribution in [0.1, 0.15) is 40.8 Å². The van der Waals surface area contributed by atoms with Crippen LogP contribution < -0.4 is 5.32 Å². The van der Waals surface area contributed by atoms with Crippen LogP contribution in [-0.2, 0) is 0 Å². The Hall–Kier alpha value is -1.68. The summed E-state index contributed by atoms with van der Waals surface area (Å²) in [6, 6.07) is 7.60. The molecule has 0 bridgehead atoms. The third-order valence-corrected chi connectivity index (χ3v) is 3.91. The first-order valence-electron chi connectivity index (χ1n) is 6.35. The molecule has 0 saturated carbocycles. The summed E-state index contributed by atoms with van der Waals surface area (Å²) < 4.78 is 0. The molecule has 2 aromatic rings. The smallest absolute Gasteiger partial charge is 0.261 e. The lowest BCUT2D eigenvalue weighted by Crippen LogP contribution is -2.32. The number of amides is 1. The minimum Gasteiger partial charge on any atom is -0.343 e. The number of carbonyl (C=O) groups excluding carboxylic acids is 1. The molecule has 19 heavy (non-hydrogen) atoms. The second-order valence-corrected chi connectivity index (χ2v) is 5.83. The van der Waals surface area contributed by atoms with Crippen LogP contribution in [0.3, 0.4) is 0 Å². The summed E-state index contributed by atoms with van der Waals surface area (Å²) in [6.45, 7) is 6.20. The third-order valence-electron chi connectivity index (χ3n) is 3.04. The lowest BCUT2D eigenvalue weighted by atomic mass is 9.97. The zero-order chi connectivity index (χ0) is 13.8. The molecular weight excluding hydrogens is 256 g/mol. The molecule has 100 valence electrons. The number of aromatic nitrogens is 1. The van der Waals surface area contributed by atoms with Crippen LogP contribution in [0.5, 0.6) is 0 Å². The van der Waals surface area contributed by atoms with E-state index in [9.17, 15) is 4.79 Å². The fourth-order valence-electron chi connectivity index (χ4n) is 1.99. The standard InChI is InChI=1S/C15H18N2OS/c1-10(2)13(14-11(3)6-4-8-16-14)17-15(18)12-7-5-9-19-12/h4-10,13H,1-3H3,(H,17,18)/t13-/m0/s1. The number of carbonyl (C=O) groups is 1. The van der Waals surface area contributed by atoms with Crippen LogP contribution in [0.15, 0.2) is 35.8 Å². The van der Waals surface area contributed by atoms with Crippen molar-refractivity contribution in [2.24, 2.45) is 5.92 Å². The molecule has 2 rings (SSSR count). The summed E-state index contributed by atoms with van der Waals surface area (Å²) in [5.74, 6) is 0.260. The molecule has 0 aromatic carbocycles. The Morgan fingerprint density at radius 1 is 1.32 bits per heavy atom. The van der Waals surface area contributed by atoms with Crippen molar-refractivity contribution in [3.05, 3.63) is 52.0 Å². The van der Waals surface area contributed by atoms with Crippen molar-refractivity contribution in [3.63, 3.8) is 0 Å². The van der Waals surface area contributed by atoms with E-state index in [2.05, 4.69) is 24.1 Å². The van der Waals surface area contributed by atoms with Gasteiger partial charge in [0.2, 0.25) is 0 Å². The SMILES string of the molecule is Cc1cccnc1[C@@H](NC(=O)c1cccs1)C(C)C. The Balaban J connectivity index is 2.23. The fourth-order valence-corrected chi connectivity index (χ4v) is 2.62. The number of aryl methyl sites for hydroxylation is 1. The molecule has 1 N–H and O–H groups in total. The second kappa shape index (κ2) is 5.97. The molecule has 0 radical (unpaired) electrons. The number of rotatable bonds is 4. The maximum absolute atomic E-state index is 12.2. The normalized spacial score (nSPS) is 12.4. The van der Waals surface area contributed by atoms with E-state index in [1.807, 2.05) is 36.6 Å². The number of thiophene rings is 1. The number of hydrogen-bond acceptors (Lipinski definition) is 3. The molecule has 0 aliphatic heterocycles. The van der Waals surface area contributed by atoms with Gasteiger partial charge in [-0.05, 0) is 35.9 Å². The molecule has 0 saturated heterocycles. The highest BCUT2D eigenvalue weighted by Gasteiger charge is 2.22. The van der Waals surface area contributed by atoms with Gasteiger partial charge in [0, 0.05) is 6.20 Å². The van der Waals surface area contributed by atoms with E-state index in [1.165, 1.54) is 11.3 Å². The molecule has 1 amide bonds. The van der Waals surface area contributed by atoms with Gasteiger partial charge in [-0.2, -0.15) is 0 Å². The Bertz CT molecular complexity index is 549. The first-order valence-corrected chi connectivity index (χ1v) is 7.23. The largest absolute Gasteiger partial charge is 0.343 e. The number of pyridine rings is 1. The average Bonchev–Trinajstić information content (AvgIpc) is 2.90. The van der Waals surface area contributed by atoms with Gasteiger partial charge in [0.25, 0.3) is 5.91 Å². The van der Waals surface area contributed by atoms with Gasteiger partial charge in [-0.1, -0.05) is 26.0 Å². The number of nitrogens with one attached hydrogen (secondary N) is 1. The van der Waals surface area contributed by atoms with Crippen LogP contribution in [0.4, 0.5) is 0 Å². The fraction of sp³-hybridized carbons (Fsp3) is 0.333. The summed E-state index contributed by atoms with van der Waals surface area (Å²) in [6.07, 6.45) is 1.77. The lowest BCUT2D eigenvalue weighted by molar-refractivity contribution is 0.0928. The molecule has 2 heterocycles. The van der Waals surface area contributed by atoms with Crippen molar-refractivity contribution in [2.45, 2.75) is 26.8 Å². The predicted molar refractivity (Wildman–Crippen MR) is 78.3 cm³/mol. The first-order chi connectivity index (χ1) is 9.09.